The molecule has 0 saturated carbocycles. The van der Waals surface area contributed by atoms with Gasteiger partial charge in [0.25, 0.3) is 0 Å². The van der Waals surface area contributed by atoms with Crippen LogP contribution in [0.2, 0.25) is 0 Å². The molecule has 25 heavy (non-hydrogen) atoms. The van der Waals surface area contributed by atoms with Crippen LogP contribution in [-0.2, 0) is 13.1 Å². The molecule has 1 aromatic heterocycles. The smallest absolute Gasteiger partial charge is 0.191 e. The topological polar surface area (TPSA) is 54.2 Å². The fourth-order valence-electron chi connectivity index (χ4n) is 2.83. The zero-order valence-corrected chi connectivity index (χ0v) is 15.7. The number of rotatable bonds is 9. The first-order valence-electron chi connectivity index (χ1n) is 9.24. The third-order valence-corrected chi connectivity index (χ3v) is 4.30. The lowest BCUT2D eigenvalue weighted by Gasteiger charge is -2.18. The predicted molar refractivity (Wildman–Crippen MR) is 105 cm³/mol. The Morgan fingerprint density at radius 1 is 1.20 bits per heavy atom. The van der Waals surface area contributed by atoms with Crippen LogP contribution >= 0.6 is 0 Å². The molecule has 136 valence electrons. The van der Waals surface area contributed by atoms with E-state index in [0.29, 0.717) is 6.04 Å². The van der Waals surface area contributed by atoms with Gasteiger partial charge in [0.2, 0.25) is 0 Å². The zero-order valence-electron chi connectivity index (χ0n) is 15.7. The van der Waals surface area contributed by atoms with Crippen molar-refractivity contribution in [3.05, 3.63) is 53.9 Å². The van der Waals surface area contributed by atoms with E-state index in [1.54, 1.807) is 0 Å². The summed E-state index contributed by atoms with van der Waals surface area (Å²) in [5.41, 5.74) is 2.53. The van der Waals surface area contributed by atoms with E-state index in [1.807, 2.05) is 30.2 Å². The monoisotopic (exact) mass is 341 g/mol. The lowest BCUT2D eigenvalue weighted by Crippen LogP contribution is -2.41. The average Bonchev–Trinajstić information content (AvgIpc) is 3.13. The molecule has 1 heterocycles. The summed E-state index contributed by atoms with van der Waals surface area (Å²) in [6, 6.07) is 10.8. The average molecular weight is 342 g/mol. The number of guanidine groups is 1. The quantitative estimate of drug-likeness (QED) is 0.416. The second kappa shape index (κ2) is 10.5. The molecule has 0 aliphatic carbocycles. The molecule has 5 heteroatoms. The highest BCUT2D eigenvalue weighted by Crippen LogP contribution is 2.10. The fourth-order valence-corrected chi connectivity index (χ4v) is 2.83. The largest absolute Gasteiger partial charge is 0.354 e. The summed E-state index contributed by atoms with van der Waals surface area (Å²) in [6.45, 7) is 5.98. The summed E-state index contributed by atoms with van der Waals surface area (Å²) in [5, 5.41) is 11.2. The number of aromatic nitrogens is 2. The van der Waals surface area contributed by atoms with E-state index in [4.69, 9.17) is 0 Å². The van der Waals surface area contributed by atoms with Crippen LogP contribution in [0, 0.1) is 0 Å². The van der Waals surface area contributed by atoms with Gasteiger partial charge in [0.05, 0.1) is 6.54 Å². The third-order valence-electron chi connectivity index (χ3n) is 4.30. The SMILES string of the molecule is CCCCCC(C)NC(=NC)NCc1ccccc1Cn1cccn1. The van der Waals surface area contributed by atoms with Gasteiger partial charge in [0.15, 0.2) is 5.96 Å². The highest BCUT2D eigenvalue weighted by atomic mass is 15.3. The molecule has 0 spiro atoms. The van der Waals surface area contributed by atoms with Gasteiger partial charge < -0.3 is 10.6 Å². The standard InChI is InChI=1S/C20H31N5/c1-4-5-6-10-17(2)24-20(21-3)22-15-18-11-7-8-12-19(18)16-25-14-9-13-23-25/h7-9,11-14,17H,4-6,10,15-16H2,1-3H3,(H2,21,22,24). The normalized spacial score (nSPS) is 12.8. The Bertz CT molecular complexity index is 633. The van der Waals surface area contributed by atoms with Crippen LogP contribution in [-0.4, -0.2) is 28.8 Å². The summed E-state index contributed by atoms with van der Waals surface area (Å²) in [6.07, 6.45) is 8.78. The molecule has 0 bridgehead atoms. The number of hydrogen-bond acceptors (Lipinski definition) is 2. The van der Waals surface area contributed by atoms with E-state index in [1.165, 1.54) is 36.8 Å². The molecule has 0 radical (unpaired) electrons. The lowest BCUT2D eigenvalue weighted by atomic mass is 10.1. The number of hydrogen-bond donors (Lipinski definition) is 2. The third kappa shape index (κ3) is 6.61. The highest BCUT2D eigenvalue weighted by Gasteiger charge is 2.07. The second-order valence-corrected chi connectivity index (χ2v) is 6.44. The van der Waals surface area contributed by atoms with Gasteiger partial charge in [-0.2, -0.15) is 5.10 Å². The molecule has 0 aliphatic heterocycles. The molecule has 2 rings (SSSR count). The molecule has 2 N–H and O–H groups in total. The molecule has 0 saturated heterocycles. The van der Waals surface area contributed by atoms with E-state index in [0.717, 1.165) is 19.0 Å². The van der Waals surface area contributed by atoms with Crippen LogP contribution in [0.25, 0.3) is 0 Å². The fraction of sp³-hybridized carbons (Fsp3) is 0.500. The van der Waals surface area contributed by atoms with E-state index in [2.05, 4.69) is 58.8 Å². The van der Waals surface area contributed by atoms with Crippen LogP contribution in [0.3, 0.4) is 0 Å². The van der Waals surface area contributed by atoms with Crippen LogP contribution < -0.4 is 10.6 Å². The predicted octanol–water partition coefficient (Wildman–Crippen LogP) is 3.57. The molecule has 2 aromatic rings. The van der Waals surface area contributed by atoms with Crippen LogP contribution in [0.5, 0.6) is 0 Å². The number of benzene rings is 1. The second-order valence-electron chi connectivity index (χ2n) is 6.44. The molecule has 0 aliphatic rings. The maximum absolute atomic E-state index is 4.35. The van der Waals surface area contributed by atoms with Crippen molar-refractivity contribution in [1.82, 2.24) is 20.4 Å². The molecule has 1 aromatic carbocycles. The van der Waals surface area contributed by atoms with Crippen molar-refractivity contribution in [2.24, 2.45) is 4.99 Å². The van der Waals surface area contributed by atoms with Crippen LogP contribution in [0.4, 0.5) is 0 Å². The van der Waals surface area contributed by atoms with Crippen molar-refractivity contribution in [2.75, 3.05) is 7.05 Å². The molecule has 5 nitrogen and oxygen atoms in total. The first kappa shape index (κ1) is 19.0. The Morgan fingerprint density at radius 2 is 2.00 bits per heavy atom. The van der Waals surface area contributed by atoms with Crippen molar-refractivity contribution in [1.29, 1.82) is 0 Å². The minimum atomic E-state index is 0.428. The molecule has 1 unspecified atom stereocenters. The minimum Gasteiger partial charge on any atom is -0.354 e. The van der Waals surface area contributed by atoms with Gasteiger partial charge in [-0.3, -0.25) is 9.67 Å². The van der Waals surface area contributed by atoms with Gasteiger partial charge in [-0.1, -0.05) is 50.5 Å². The van der Waals surface area contributed by atoms with Crippen molar-refractivity contribution < 1.29 is 0 Å². The minimum absolute atomic E-state index is 0.428. The van der Waals surface area contributed by atoms with Gasteiger partial charge in [0.1, 0.15) is 0 Å². The molecular weight excluding hydrogens is 310 g/mol. The Morgan fingerprint density at radius 3 is 2.68 bits per heavy atom. The van der Waals surface area contributed by atoms with Crippen LogP contribution in [0.15, 0.2) is 47.7 Å². The van der Waals surface area contributed by atoms with E-state index >= 15 is 0 Å². The highest BCUT2D eigenvalue weighted by molar-refractivity contribution is 5.79. The maximum Gasteiger partial charge on any atom is 0.191 e. The van der Waals surface area contributed by atoms with Gasteiger partial charge >= 0.3 is 0 Å². The summed E-state index contributed by atoms with van der Waals surface area (Å²) < 4.78 is 1.95. The van der Waals surface area contributed by atoms with Crippen molar-refractivity contribution in [3.63, 3.8) is 0 Å². The van der Waals surface area contributed by atoms with Gasteiger partial charge in [-0.05, 0) is 30.5 Å². The summed E-state index contributed by atoms with van der Waals surface area (Å²) in [4.78, 5) is 4.35. The van der Waals surface area contributed by atoms with Gasteiger partial charge in [0, 0.05) is 32.0 Å². The van der Waals surface area contributed by atoms with Crippen molar-refractivity contribution in [2.45, 2.75) is 58.7 Å². The summed E-state index contributed by atoms with van der Waals surface area (Å²) in [5.74, 6) is 0.859. The Labute approximate surface area is 151 Å². The Balaban J connectivity index is 1.88. The van der Waals surface area contributed by atoms with E-state index in [9.17, 15) is 0 Å². The zero-order chi connectivity index (χ0) is 17.9. The molecule has 0 amide bonds. The number of nitrogens with one attached hydrogen (secondary N) is 2. The molecule has 1 atom stereocenters. The lowest BCUT2D eigenvalue weighted by molar-refractivity contribution is 0.546. The Kier molecular flexibility index (Phi) is 8.02. The first-order chi connectivity index (χ1) is 12.2. The number of aliphatic imine (C=N–C) groups is 1. The number of unbranched alkanes of at least 4 members (excludes halogenated alkanes) is 2. The van der Waals surface area contributed by atoms with E-state index in [-0.39, 0.29) is 0 Å². The van der Waals surface area contributed by atoms with Gasteiger partial charge in [-0.25, -0.2) is 0 Å². The van der Waals surface area contributed by atoms with Crippen LogP contribution in [0.1, 0.15) is 50.7 Å². The molecular formula is C20H31N5. The Hall–Kier alpha value is -2.30. The number of nitrogens with zero attached hydrogens (tertiary/aromatic N) is 3. The maximum atomic E-state index is 4.35. The summed E-state index contributed by atoms with van der Waals surface area (Å²) in [7, 11) is 1.82. The van der Waals surface area contributed by atoms with E-state index < -0.39 is 0 Å². The van der Waals surface area contributed by atoms with Crippen molar-refractivity contribution >= 4 is 5.96 Å². The van der Waals surface area contributed by atoms with Crippen molar-refractivity contribution in [3.8, 4) is 0 Å². The summed E-state index contributed by atoms with van der Waals surface area (Å²) >= 11 is 0. The van der Waals surface area contributed by atoms with Gasteiger partial charge in [-0.15, -0.1) is 0 Å². The molecule has 0 fully saturated rings. The first-order valence-corrected chi connectivity index (χ1v) is 9.24.